The Kier molecular flexibility index (Phi) is 13.2. The number of unbranched alkanes of at least 4 members (excludes halogenated alkanes) is 3. The topological polar surface area (TPSA) is 234 Å². The summed E-state index contributed by atoms with van der Waals surface area (Å²) in [4.78, 5) is 65.0. The minimum absolute atomic E-state index is 0.00161. The predicted octanol–water partition coefficient (Wildman–Crippen LogP) is 4.30. The van der Waals surface area contributed by atoms with Crippen LogP contribution in [0.1, 0.15) is 135 Å². The van der Waals surface area contributed by atoms with Crippen LogP contribution in [0.2, 0.25) is 0 Å². The normalized spacial score (nSPS) is 33.3. The highest BCUT2D eigenvalue weighted by Gasteiger charge is 2.71. The van der Waals surface area contributed by atoms with Crippen LogP contribution in [-0.4, -0.2) is 70.4 Å². The fourth-order valence-corrected chi connectivity index (χ4v) is 10.9. The number of hydrogen-bond acceptors (Lipinski definition) is 10. The summed E-state index contributed by atoms with van der Waals surface area (Å²) in [7, 11) is 0. The second-order valence-electron chi connectivity index (χ2n) is 16.8. The number of nitrogens with two attached hydrogens (primary N) is 2. The first-order valence-corrected chi connectivity index (χ1v) is 19.8. The van der Waals surface area contributed by atoms with Gasteiger partial charge in [0.25, 0.3) is 0 Å². The molecule has 7 N–H and O–H groups in total. The van der Waals surface area contributed by atoms with Crippen molar-refractivity contribution in [3.63, 3.8) is 0 Å². The lowest BCUT2D eigenvalue weighted by atomic mass is 9.43. The summed E-state index contributed by atoms with van der Waals surface area (Å²) in [6, 6.07) is 3.78. The van der Waals surface area contributed by atoms with Gasteiger partial charge < -0.3 is 40.9 Å². The van der Waals surface area contributed by atoms with Gasteiger partial charge in [0.2, 0.25) is 5.91 Å². The molecular weight excluding hydrogens is 696 g/mol. The van der Waals surface area contributed by atoms with E-state index >= 15 is 0 Å². The van der Waals surface area contributed by atoms with Crippen LogP contribution in [0.5, 0.6) is 0 Å². The molecular formula is C40H60N4O10. The van der Waals surface area contributed by atoms with Crippen molar-refractivity contribution in [2.45, 2.75) is 153 Å². The van der Waals surface area contributed by atoms with E-state index in [9.17, 15) is 34.2 Å². The molecule has 0 radical (unpaired) electrons. The minimum Gasteiger partial charge on any atom is -0.480 e. The third kappa shape index (κ3) is 8.95. The molecule has 4 aliphatic carbocycles. The van der Waals surface area contributed by atoms with Crippen molar-refractivity contribution >= 4 is 29.8 Å². The van der Waals surface area contributed by atoms with Crippen LogP contribution < -0.4 is 22.4 Å². The standard InChI is InChI=1S/C40H60N4O10/c1-24(45)52-31-23-40(51)28-16-15-25-22-26(17-19-38(25,2)27(28)18-20-39(40,3)35(31)30-11-8-14-34(48)54-30)53-33(47)13-7-5-4-6-12-32(46)44-29(36(49)50)10-9-21-43-37(41)42/h8,11,14,25-29,31,35,51H,4-7,9-10,12-13,15-23H2,1-3H3,(H,44,46)(H,49,50)(H4,41,42,43)/t25-,26+,27-,28-,29+,31+,35-,38+,39+,40+/m0/s1. The lowest BCUT2D eigenvalue weighted by Gasteiger charge is -2.63. The number of ether oxygens (including phenoxy) is 2. The van der Waals surface area contributed by atoms with Crippen LogP contribution in [0.3, 0.4) is 0 Å². The number of hydrogen-bond donors (Lipinski definition) is 5. The van der Waals surface area contributed by atoms with Crippen LogP contribution in [0, 0.1) is 28.6 Å². The van der Waals surface area contributed by atoms with Crippen molar-refractivity contribution in [1.82, 2.24) is 5.32 Å². The summed E-state index contributed by atoms with van der Waals surface area (Å²) in [5, 5.41) is 24.7. The van der Waals surface area contributed by atoms with Gasteiger partial charge in [0.1, 0.15) is 24.0 Å². The summed E-state index contributed by atoms with van der Waals surface area (Å²) in [5.41, 5.74) is 8.33. The highest BCUT2D eigenvalue weighted by molar-refractivity contribution is 5.83. The van der Waals surface area contributed by atoms with E-state index in [1.807, 2.05) is 0 Å². The molecule has 14 nitrogen and oxygen atoms in total. The molecule has 1 aromatic heterocycles. The number of aliphatic imine (C=N–C) groups is 1. The highest BCUT2D eigenvalue weighted by Crippen LogP contribution is 2.71. The fraction of sp³-hybridized carbons (Fsp3) is 0.750. The number of rotatable bonds is 16. The molecule has 54 heavy (non-hydrogen) atoms. The summed E-state index contributed by atoms with van der Waals surface area (Å²) >= 11 is 0. The molecule has 4 aliphatic rings. The van der Waals surface area contributed by atoms with Gasteiger partial charge in [-0.3, -0.25) is 19.4 Å². The summed E-state index contributed by atoms with van der Waals surface area (Å²) < 4.78 is 17.5. The number of aliphatic hydroxyl groups is 1. The maximum absolute atomic E-state index is 12.9. The Bertz CT molecular complexity index is 1610. The lowest BCUT2D eigenvalue weighted by Crippen LogP contribution is -2.62. The first-order valence-electron chi connectivity index (χ1n) is 19.8. The molecule has 0 spiro atoms. The van der Waals surface area contributed by atoms with Gasteiger partial charge >= 0.3 is 23.5 Å². The van der Waals surface area contributed by atoms with E-state index in [-0.39, 0.29) is 54.0 Å². The molecule has 4 saturated carbocycles. The number of nitrogens with one attached hydrogen (secondary N) is 1. The fourth-order valence-electron chi connectivity index (χ4n) is 10.9. The molecule has 0 saturated heterocycles. The van der Waals surface area contributed by atoms with Gasteiger partial charge in [-0.1, -0.05) is 32.8 Å². The number of carboxylic acid groups (broad SMARTS) is 1. The largest absolute Gasteiger partial charge is 0.480 e. The van der Waals surface area contributed by atoms with Gasteiger partial charge in [0.05, 0.1) is 11.5 Å². The Morgan fingerprint density at radius 3 is 2.41 bits per heavy atom. The Hall–Kier alpha value is -3.94. The van der Waals surface area contributed by atoms with Crippen LogP contribution in [-0.2, 0) is 28.7 Å². The average Bonchev–Trinajstić information content (AvgIpc) is 3.32. The molecule has 1 heterocycles. The number of aliphatic carboxylic acids is 1. The zero-order valence-electron chi connectivity index (χ0n) is 32.1. The zero-order valence-corrected chi connectivity index (χ0v) is 32.1. The van der Waals surface area contributed by atoms with Crippen LogP contribution in [0.4, 0.5) is 0 Å². The highest BCUT2D eigenvalue weighted by atomic mass is 16.5. The Morgan fingerprint density at radius 2 is 1.72 bits per heavy atom. The van der Waals surface area contributed by atoms with Gasteiger partial charge in [0.15, 0.2) is 5.96 Å². The van der Waals surface area contributed by atoms with Crippen LogP contribution >= 0.6 is 0 Å². The monoisotopic (exact) mass is 756 g/mol. The second-order valence-corrected chi connectivity index (χ2v) is 16.8. The third-order valence-corrected chi connectivity index (χ3v) is 13.5. The molecule has 0 unspecified atom stereocenters. The van der Waals surface area contributed by atoms with Gasteiger partial charge in [-0.2, -0.15) is 0 Å². The number of guanidine groups is 1. The lowest BCUT2D eigenvalue weighted by molar-refractivity contribution is -0.208. The maximum atomic E-state index is 12.9. The number of carbonyl (C=O) groups is 4. The van der Waals surface area contributed by atoms with E-state index in [2.05, 4.69) is 24.2 Å². The number of amides is 1. The number of carboxylic acids is 1. The summed E-state index contributed by atoms with van der Waals surface area (Å²) in [6.45, 7) is 6.09. The SMILES string of the molecule is CC(=O)O[C@@H]1C[C@@]2(O)[C@H]3CC[C@H]4C[C@H](OC(=O)CCCCCCC(=O)N[C@H](CCCN=C(N)N)C(=O)O)CC[C@@]4(C)[C@H]3CC[C@]2(C)[C@H]1c1cccc(=O)o1. The third-order valence-electron chi connectivity index (χ3n) is 13.5. The number of nitrogens with zero attached hydrogens (tertiary/aromatic N) is 1. The van der Waals surface area contributed by atoms with Gasteiger partial charge in [-0.25, -0.2) is 9.59 Å². The quantitative estimate of drug-likeness (QED) is 0.0688. The van der Waals surface area contributed by atoms with E-state index in [0.717, 1.165) is 51.4 Å². The molecule has 0 aliphatic heterocycles. The van der Waals surface area contributed by atoms with Gasteiger partial charge in [-0.05, 0) is 99.9 Å². The smallest absolute Gasteiger partial charge is 0.335 e. The molecule has 0 bridgehead atoms. The molecule has 1 aromatic rings. The predicted molar refractivity (Wildman–Crippen MR) is 199 cm³/mol. The Morgan fingerprint density at radius 1 is 0.981 bits per heavy atom. The van der Waals surface area contributed by atoms with E-state index in [1.54, 1.807) is 12.1 Å². The maximum Gasteiger partial charge on any atom is 0.335 e. The molecule has 14 heteroatoms. The summed E-state index contributed by atoms with van der Waals surface area (Å²) in [6.07, 6.45) is 9.30. The average molecular weight is 757 g/mol. The van der Waals surface area contributed by atoms with E-state index in [1.165, 1.54) is 13.0 Å². The van der Waals surface area contributed by atoms with E-state index < -0.39 is 46.6 Å². The van der Waals surface area contributed by atoms with Crippen LogP contribution in [0.25, 0.3) is 0 Å². The van der Waals surface area contributed by atoms with Crippen molar-refractivity contribution in [1.29, 1.82) is 0 Å². The minimum atomic E-state index is -1.10. The van der Waals surface area contributed by atoms with Crippen molar-refractivity contribution in [3.05, 3.63) is 34.4 Å². The molecule has 4 fully saturated rings. The number of carbonyl (C=O) groups excluding carboxylic acids is 3. The van der Waals surface area contributed by atoms with Crippen molar-refractivity contribution in [2.75, 3.05) is 6.54 Å². The van der Waals surface area contributed by atoms with Crippen molar-refractivity contribution in [3.8, 4) is 0 Å². The van der Waals surface area contributed by atoms with Crippen LogP contribution in [0.15, 0.2) is 32.4 Å². The molecule has 5 rings (SSSR count). The Labute approximate surface area is 317 Å². The summed E-state index contributed by atoms with van der Waals surface area (Å²) in [5.74, 6) is -1.46. The van der Waals surface area contributed by atoms with E-state index in [0.29, 0.717) is 56.7 Å². The van der Waals surface area contributed by atoms with Crippen molar-refractivity contribution in [2.24, 2.45) is 45.0 Å². The molecule has 300 valence electrons. The molecule has 0 aromatic carbocycles. The first kappa shape index (κ1) is 41.2. The first-order chi connectivity index (χ1) is 25.6. The zero-order chi connectivity index (χ0) is 39.3. The molecule has 10 atom stereocenters. The number of esters is 2. The van der Waals surface area contributed by atoms with Crippen molar-refractivity contribution < 1.29 is 43.3 Å². The Balaban J connectivity index is 1.07. The van der Waals surface area contributed by atoms with Gasteiger partial charge in [-0.15, -0.1) is 0 Å². The van der Waals surface area contributed by atoms with Gasteiger partial charge in [0, 0.05) is 44.2 Å². The number of fused-ring (bicyclic) bond motifs is 5. The van der Waals surface area contributed by atoms with E-state index in [4.69, 9.17) is 25.4 Å². The molecule has 1 amide bonds. The second kappa shape index (κ2) is 17.2.